The molecule has 112 valence electrons. The van der Waals surface area contributed by atoms with Crippen LogP contribution in [0.1, 0.15) is 58.7 Å². The third kappa shape index (κ3) is 3.73. The maximum absolute atomic E-state index is 4.22. The van der Waals surface area contributed by atoms with Gasteiger partial charge in [-0.05, 0) is 31.7 Å². The molecule has 20 heavy (non-hydrogen) atoms. The highest BCUT2D eigenvalue weighted by molar-refractivity contribution is 5.24. The van der Waals surface area contributed by atoms with Gasteiger partial charge in [0.15, 0.2) is 0 Å². The zero-order chi connectivity index (χ0) is 15.6. The van der Waals surface area contributed by atoms with E-state index in [4.69, 9.17) is 0 Å². The smallest absolute Gasteiger partial charge is 0.0292 e. The minimum atomic E-state index is 0.0892. The first-order chi connectivity index (χ1) is 9.08. The molecule has 0 amide bonds. The first kappa shape index (κ1) is 17.0. The summed E-state index contributed by atoms with van der Waals surface area (Å²) in [7, 11) is 0. The highest BCUT2D eigenvalue weighted by Gasteiger charge is 2.38. The van der Waals surface area contributed by atoms with Crippen LogP contribution in [0.15, 0.2) is 36.4 Å². The SMILES string of the molecule is C=C(C)C(C)(CNC(C)c1ccc(C)cc1)C(C)(C)C. The van der Waals surface area contributed by atoms with Crippen molar-refractivity contribution in [2.24, 2.45) is 10.8 Å². The van der Waals surface area contributed by atoms with Crippen LogP contribution in [0.4, 0.5) is 0 Å². The van der Waals surface area contributed by atoms with Gasteiger partial charge in [-0.15, -0.1) is 0 Å². The Hall–Kier alpha value is -1.08. The van der Waals surface area contributed by atoms with Crippen molar-refractivity contribution in [2.45, 2.75) is 54.5 Å². The lowest BCUT2D eigenvalue weighted by atomic mass is 9.64. The zero-order valence-corrected chi connectivity index (χ0v) is 14.3. The highest BCUT2D eigenvalue weighted by Crippen LogP contribution is 2.43. The maximum atomic E-state index is 4.22. The summed E-state index contributed by atoms with van der Waals surface area (Å²) in [4.78, 5) is 0. The molecular weight excluding hydrogens is 242 g/mol. The van der Waals surface area contributed by atoms with Gasteiger partial charge >= 0.3 is 0 Å². The molecule has 0 saturated carbocycles. The Morgan fingerprint density at radius 1 is 1.15 bits per heavy atom. The second-order valence-corrected chi connectivity index (χ2v) is 7.38. The predicted molar refractivity (Wildman–Crippen MR) is 90.0 cm³/mol. The van der Waals surface area contributed by atoms with Crippen LogP contribution in [0.25, 0.3) is 0 Å². The van der Waals surface area contributed by atoms with Crippen molar-refractivity contribution in [1.29, 1.82) is 0 Å². The predicted octanol–water partition coefficient (Wildman–Crippen LogP) is 5.27. The highest BCUT2D eigenvalue weighted by atomic mass is 14.9. The molecule has 0 heterocycles. The molecule has 2 unspecified atom stereocenters. The van der Waals surface area contributed by atoms with Crippen LogP contribution in [0.5, 0.6) is 0 Å². The second-order valence-electron chi connectivity index (χ2n) is 7.38. The molecule has 1 aromatic carbocycles. The Bertz CT molecular complexity index is 450. The molecule has 0 bridgehead atoms. The van der Waals surface area contributed by atoms with E-state index in [0.717, 1.165) is 6.54 Å². The fraction of sp³-hybridized carbons (Fsp3) is 0.579. The molecule has 1 heteroatoms. The lowest BCUT2D eigenvalue weighted by Gasteiger charge is -2.43. The van der Waals surface area contributed by atoms with Gasteiger partial charge in [0.25, 0.3) is 0 Å². The van der Waals surface area contributed by atoms with E-state index in [2.05, 4.69) is 84.6 Å². The van der Waals surface area contributed by atoms with E-state index in [0.29, 0.717) is 6.04 Å². The van der Waals surface area contributed by atoms with Gasteiger partial charge in [-0.2, -0.15) is 0 Å². The van der Waals surface area contributed by atoms with E-state index in [-0.39, 0.29) is 10.8 Å². The standard InChI is InChI=1S/C19H31N/c1-14(2)19(8,18(5,6)7)13-20-16(4)17-11-9-15(3)10-12-17/h9-12,16,20H,1,13H2,2-8H3. The van der Waals surface area contributed by atoms with Crippen LogP contribution in [0.3, 0.4) is 0 Å². The summed E-state index contributed by atoms with van der Waals surface area (Å²) < 4.78 is 0. The lowest BCUT2D eigenvalue weighted by molar-refractivity contribution is 0.146. The maximum Gasteiger partial charge on any atom is 0.0292 e. The average Bonchev–Trinajstić information content (AvgIpc) is 2.34. The van der Waals surface area contributed by atoms with Gasteiger partial charge in [-0.1, -0.05) is 69.7 Å². The molecule has 0 radical (unpaired) electrons. The van der Waals surface area contributed by atoms with E-state index in [1.54, 1.807) is 0 Å². The number of rotatable bonds is 5. The van der Waals surface area contributed by atoms with Crippen LogP contribution in [0, 0.1) is 17.8 Å². The summed E-state index contributed by atoms with van der Waals surface area (Å²) in [6, 6.07) is 9.13. The first-order valence-electron chi connectivity index (χ1n) is 7.54. The Balaban J connectivity index is 2.78. The minimum Gasteiger partial charge on any atom is -0.309 e. The van der Waals surface area contributed by atoms with Crippen LogP contribution >= 0.6 is 0 Å². The molecule has 0 aliphatic rings. The second kappa shape index (κ2) is 6.13. The fourth-order valence-electron chi connectivity index (χ4n) is 2.39. The van der Waals surface area contributed by atoms with Crippen molar-refractivity contribution in [2.75, 3.05) is 6.54 Å². The minimum absolute atomic E-state index is 0.0892. The topological polar surface area (TPSA) is 12.0 Å². The molecule has 2 atom stereocenters. The number of hydrogen-bond acceptors (Lipinski definition) is 1. The lowest BCUT2D eigenvalue weighted by Crippen LogP contribution is -2.43. The van der Waals surface area contributed by atoms with Gasteiger partial charge in [0.1, 0.15) is 0 Å². The van der Waals surface area contributed by atoms with E-state index in [1.807, 2.05) is 0 Å². The Morgan fingerprint density at radius 3 is 2.05 bits per heavy atom. The third-order valence-corrected chi connectivity index (χ3v) is 4.94. The van der Waals surface area contributed by atoms with Crippen LogP contribution < -0.4 is 5.32 Å². The molecule has 1 nitrogen and oxygen atoms in total. The molecule has 0 aliphatic carbocycles. The van der Waals surface area contributed by atoms with Gasteiger partial charge in [0.05, 0.1) is 0 Å². The van der Waals surface area contributed by atoms with E-state index in [1.165, 1.54) is 16.7 Å². The number of nitrogens with one attached hydrogen (secondary N) is 1. The largest absolute Gasteiger partial charge is 0.309 e. The summed E-state index contributed by atoms with van der Waals surface area (Å²) in [6.07, 6.45) is 0. The third-order valence-electron chi connectivity index (χ3n) is 4.94. The van der Waals surface area contributed by atoms with Gasteiger partial charge in [-0.3, -0.25) is 0 Å². The molecule has 0 saturated heterocycles. The quantitative estimate of drug-likeness (QED) is 0.720. The number of aryl methyl sites for hydroxylation is 1. The summed E-state index contributed by atoms with van der Waals surface area (Å²) in [6.45, 7) is 20.8. The van der Waals surface area contributed by atoms with Gasteiger partial charge in [-0.25, -0.2) is 0 Å². The van der Waals surface area contributed by atoms with Crippen LogP contribution in [-0.2, 0) is 0 Å². The number of benzene rings is 1. The average molecular weight is 273 g/mol. The zero-order valence-electron chi connectivity index (χ0n) is 14.3. The van der Waals surface area contributed by atoms with Crippen molar-refractivity contribution in [3.8, 4) is 0 Å². The number of hydrogen-bond donors (Lipinski definition) is 1. The first-order valence-corrected chi connectivity index (χ1v) is 7.54. The molecule has 1 N–H and O–H groups in total. The Morgan fingerprint density at radius 2 is 1.65 bits per heavy atom. The molecule has 0 aromatic heterocycles. The molecule has 0 fully saturated rings. The van der Waals surface area contributed by atoms with E-state index in [9.17, 15) is 0 Å². The van der Waals surface area contributed by atoms with E-state index >= 15 is 0 Å². The van der Waals surface area contributed by atoms with Crippen LogP contribution in [0.2, 0.25) is 0 Å². The van der Waals surface area contributed by atoms with E-state index < -0.39 is 0 Å². The molecule has 0 spiro atoms. The normalized spacial score (nSPS) is 16.6. The van der Waals surface area contributed by atoms with Crippen molar-refractivity contribution >= 4 is 0 Å². The summed E-state index contributed by atoms with van der Waals surface area (Å²) in [5, 5.41) is 3.69. The monoisotopic (exact) mass is 273 g/mol. The fourth-order valence-corrected chi connectivity index (χ4v) is 2.39. The van der Waals surface area contributed by atoms with Crippen molar-refractivity contribution in [3.05, 3.63) is 47.5 Å². The van der Waals surface area contributed by atoms with Crippen LogP contribution in [-0.4, -0.2) is 6.54 Å². The van der Waals surface area contributed by atoms with Gasteiger partial charge in [0, 0.05) is 18.0 Å². The Kier molecular flexibility index (Phi) is 5.21. The van der Waals surface area contributed by atoms with Crippen molar-refractivity contribution < 1.29 is 0 Å². The molecular formula is C19H31N. The summed E-state index contributed by atoms with van der Waals surface area (Å²) in [5.74, 6) is 0. The van der Waals surface area contributed by atoms with Crippen molar-refractivity contribution in [1.82, 2.24) is 5.32 Å². The summed E-state index contributed by atoms with van der Waals surface area (Å²) in [5.41, 5.74) is 4.18. The molecule has 1 aromatic rings. The molecule has 1 rings (SSSR count). The van der Waals surface area contributed by atoms with Gasteiger partial charge in [0.2, 0.25) is 0 Å². The van der Waals surface area contributed by atoms with Gasteiger partial charge < -0.3 is 5.32 Å². The van der Waals surface area contributed by atoms with Crippen molar-refractivity contribution in [3.63, 3.8) is 0 Å². The Labute approximate surface area is 125 Å². The summed E-state index contributed by atoms with van der Waals surface area (Å²) >= 11 is 0. The molecule has 0 aliphatic heterocycles.